The molecule has 2 aromatic rings. The minimum atomic E-state index is -0.468. The third kappa shape index (κ3) is 3.08. The van der Waals surface area contributed by atoms with Gasteiger partial charge in [-0.3, -0.25) is 4.79 Å². The molecule has 20 heavy (non-hydrogen) atoms. The largest absolute Gasteiger partial charge is 0.497 e. The van der Waals surface area contributed by atoms with E-state index in [9.17, 15) is 4.79 Å². The smallest absolute Gasteiger partial charge is 0.239 e. The highest BCUT2D eigenvalue weighted by atomic mass is 16.5. The van der Waals surface area contributed by atoms with E-state index in [4.69, 9.17) is 10.5 Å². The van der Waals surface area contributed by atoms with E-state index in [-0.39, 0.29) is 5.91 Å². The van der Waals surface area contributed by atoms with Crippen LogP contribution in [0.25, 0.3) is 10.8 Å². The Morgan fingerprint density at radius 3 is 2.55 bits per heavy atom. The van der Waals surface area contributed by atoms with Crippen molar-refractivity contribution >= 4 is 16.7 Å². The van der Waals surface area contributed by atoms with E-state index in [0.717, 1.165) is 22.1 Å². The predicted molar refractivity (Wildman–Crippen MR) is 80.6 cm³/mol. The minimum absolute atomic E-state index is 0.0557. The number of carbonyl (C=O) groups excluding carboxylic acids is 1. The average molecular weight is 272 g/mol. The van der Waals surface area contributed by atoms with Gasteiger partial charge in [0.15, 0.2) is 0 Å². The Morgan fingerprint density at radius 2 is 1.90 bits per heavy atom. The van der Waals surface area contributed by atoms with Crippen LogP contribution >= 0.6 is 0 Å². The maximum absolute atomic E-state index is 11.8. The summed E-state index contributed by atoms with van der Waals surface area (Å²) in [5.41, 5.74) is 6.69. The summed E-state index contributed by atoms with van der Waals surface area (Å²) in [4.78, 5) is 13.4. The number of fused-ring (bicyclic) bond motifs is 1. The maximum Gasteiger partial charge on any atom is 0.239 e. The molecule has 1 amide bonds. The molecule has 0 aromatic heterocycles. The fraction of sp³-hybridized carbons (Fsp3) is 0.312. The lowest BCUT2D eigenvalue weighted by Gasteiger charge is -2.19. The van der Waals surface area contributed by atoms with Crippen LogP contribution in [0.4, 0.5) is 0 Å². The van der Waals surface area contributed by atoms with E-state index >= 15 is 0 Å². The standard InChI is InChI=1S/C16H20N2O2/c1-11(17)16(19)18(2)10-12-4-5-14-9-15(20-3)7-6-13(14)8-12/h4-9,11H,10,17H2,1-3H3/t11-/m1/s1. The summed E-state index contributed by atoms with van der Waals surface area (Å²) in [6, 6.07) is 11.6. The van der Waals surface area contributed by atoms with Crippen LogP contribution in [0.2, 0.25) is 0 Å². The number of likely N-dealkylation sites (N-methyl/N-ethyl adjacent to an activating group) is 1. The second-order valence-electron chi connectivity index (χ2n) is 5.03. The molecule has 2 N–H and O–H groups in total. The SMILES string of the molecule is COc1ccc2cc(CN(C)C(=O)[C@@H](C)N)ccc2c1. The summed E-state index contributed by atoms with van der Waals surface area (Å²) in [6.07, 6.45) is 0. The van der Waals surface area contributed by atoms with Crippen molar-refractivity contribution in [2.24, 2.45) is 5.73 Å². The van der Waals surface area contributed by atoms with E-state index in [1.54, 1.807) is 26.0 Å². The lowest BCUT2D eigenvalue weighted by atomic mass is 10.1. The first-order valence-corrected chi connectivity index (χ1v) is 6.58. The molecule has 0 aliphatic heterocycles. The number of methoxy groups -OCH3 is 1. The second-order valence-corrected chi connectivity index (χ2v) is 5.03. The number of ether oxygens (including phenoxy) is 1. The van der Waals surface area contributed by atoms with Gasteiger partial charge in [0.25, 0.3) is 0 Å². The van der Waals surface area contributed by atoms with Crippen LogP contribution in [0.1, 0.15) is 12.5 Å². The molecule has 1 atom stereocenters. The number of carbonyl (C=O) groups is 1. The highest BCUT2D eigenvalue weighted by molar-refractivity contribution is 5.85. The Bertz CT molecular complexity index is 623. The van der Waals surface area contributed by atoms with Gasteiger partial charge in [-0.2, -0.15) is 0 Å². The molecule has 4 heteroatoms. The number of rotatable bonds is 4. The summed E-state index contributed by atoms with van der Waals surface area (Å²) in [6.45, 7) is 2.26. The van der Waals surface area contributed by atoms with Crippen molar-refractivity contribution in [2.75, 3.05) is 14.2 Å². The van der Waals surface area contributed by atoms with Crippen molar-refractivity contribution in [2.45, 2.75) is 19.5 Å². The van der Waals surface area contributed by atoms with Gasteiger partial charge in [-0.25, -0.2) is 0 Å². The molecule has 0 unspecified atom stereocenters. The summed E-state index contributed by atoms with van der Waals surface area (Å²) >= 11 is 0. The Hall–Kier alpha value is -2.07. The lowest BCUT2D eigenvalue weighted by Crippen LogP contribution is -2.39. The van der Waals surface area contributed by atoms with Crippen molar-refractivity contribution in [1.82, 2.24) is 4.90 Å². The van der Waals surface area contributed by atoms with Gasteiger partial charge < -0.3 is 15.4 Å². The van der Waals surface area contributed by atoms with Crippen LogP contribution in [0.3, 0.4) is 0 Å². The number of hydrogen-bond acceptors (Lipinski definition) is 3. The first kappa shape index (κ1) is 14.3. The van der Waals surface area contributed by atoms with Gasteiger partial charge >= 0.3 is 0 Å². The van der Waals surface area contributed by atoms with E-state index in [0.29, 0.717) is 6.54 Å². The number of benzene rings is 2. The fourth-order valence-electron chi connectivity index (χ4n) is 2.20. The topological polar surface area (TPSA) is 55.6 Å². The zero-order valence-electron chi connectivity index (χ0n) is 12.1. The van der Waals surface area contributed by atoms with Crippen LogP contribution in [-0.4, -0.2) is 31.0 Å². The Balaban J connectivity index is 2.22. The molecule has 4 nitrogen and oxygen atoms in total. The highest BCUT2D eigenvalue weighted by Crippen LogP contribution is 2.22. The maximum atomic E-state index is 11.8. The molecule has 0 radical (unpaired) electrons. The van der Waals surface area contributed by atoms with Crippen molar-refractivity contribution in [3.8, 4) is 5.75 Å². The number of nitrogens with zero attached hydrogens (tertiary/aromatic N) is 1. The minimum Gasteiger partial charge on any atom is -0.497 e. The van der Waals surface area contributed by atoms with Gasteiger partial charge in [-0.1, -0.05) is 18.2 Å². The molecule has 0 saturated heterocycles. The Morgan fingerprint density at radius 1 is 1.25 bits per heavy atom. The van der Waals surface area contributed by atoms with Gasteiger partial charge in [-0.15, -0.1) is 0 Å². The quantitative estimate of drug-likeness (QED) is 0.928. The fourth-order valence-corrected chi connectivity index (χ4v) is 2.20. The molecule has 106 valence electrons. The Kier molecular flexibility index (Phi) is 4.25. The van der Waals surface area contributed by atoms with Crippen LogP contribution in [-0.2, 0) is 11.3 Å². The summed E-state index contributed by atoms with van der Waals surface area (Å²) in [5, 5.41) is 2.25. The molecule has 0 aliphatic rings. The van der Waals surface area contributed by atoms with Crippen molar-refractivity contribution in [3.05, 3.63) is 42.0 Å². The third-order valence-corrected chi connectivity index (χ3v) is 3.30. The van der Waals surface area contributed by atoms with E-state index in [1.165, 1.54) is 0 Å². The first-order valence-electron chi connectivity index (χ1n) is 6.58. The molecular formula is C16H20N2O2. The van der Waals surface area contributed by atoms with E-state index < -0.39 is 6.04 Å². The molecule has 2 rings (SSSR count). The molecule has 0 heterocycles. The summed E-state index contributed by atoms with van der Waals surface area (Å²) < 4.78 is 5.21. The number of hydrogen-bond donors (Lipinski definition) is 1. The summed E-state index contributed by atoms with van der Waals surface area (Å²) in [5.74, 6) is 0.786. The average Bonchev–Trinajstić information content (AvgIpc) is 2.45. The van der Waals surface area contributed by atoms with Crippen LogP contribution in [0, 0.1) is 0 Å². The van der Waals surface area contributed by atoms with Gasteiger partial charge in [0.1, 0.15) is 5.75 Å². The van der Waals surface area contributed by atoms with Crippen LogP contribution < -0.4 is 10.5 Å². The van der Waals surface area contributed by atoms with Crippen LogP contribution in [0.5, 0.6) is 5.75 Å². The number of nitrogens with two attached hydrogens (primary N) is 1. The van der Waals surface area contributed by atoms with Gasteiger partial charge in [-0.05, 0) is 41.5 Å². The molecule has 0 saturated carbocycles. The highest BCUT2D eigenvalue weighted by Gasteiger charge is 2.13. The number of amides is 1. The zero-order chi connectivity index (χ0) is 14.7. The Labute approximate surface area is 119 Å². The van der Waals surface area contributed by atoms with E-state index in [2.05, 4.69) is 6.07 Å². The third-order valence-electron chi connectivity index (χ3n) is 3.30. The lowest BCUT2D eigenvalue weighted by molar-refractivity contribution is -0.131. The van der Waals surface area contributed by atoms with Gasteiger partial charge in [0.2, 0.25) is 5.91 Å². The summed E-state index contributed by atoms with van der Waals surface area (Å²) in [7, 11) is 3.42. The van der Waals surface area contributed by atoms with Crippen molar-refractivity contribution < 1.29 is 9.53 Å². The van der Waals surface area contributed by atoms with Crippen LogP contribution in [0.15, 0.2) is 36.4 Å². The molecule has 0 spiro atoms. The molecule has 2 aromatic carbocycles. The zero-order valence-corrected chi connectivity index (χ0v) is 12.1. The van der Waals surface area contributed by atoms with E-state index in [1.807, 2.05) is 30.3 Å². The molecule has 0 aliphatic carbocycles. The van der Waals surface area contributed by atoms with Gasteiger partial charge in [0, 0.05) is 13.6 Å². The predicted octanol–water partition coefficient (Wildman–Crippen LogP) is 2.15. The van der Waals surface area contributed by atoms with Gasteiger partial charge in [0.05, 0.1) is 13.2 Å². The monoisotopic (exact) mass is 272 g/mol. The van der Waals surface area contributed by atoms with Crippen molar-refractivity contribution in [3.63, 3.8) is 0 Å². The molecule has 0 fully saturated rings. The second kappa shape index (κ2) is 5.92. The van der Waals surface area contributed by atoms with Crippen molar-refractivity contribution in [1.29, 1.82) is 0 Å². The normalized spacial score (nSPS) is 12.2. The molecular weight excluding hydrogens is 252 g/mol. The molecule has 0 bridgehead atoms. The first-order chi connectivity index (χ1) is 9.51.